The van der Waals surface area contributed by atoms with Crippen LogP contribution in [0.2, 0.25) is 0 Å². The molecule has 0 radical (unpaired) electrons. The molecule has 1 saturated heterocycles. The van der Waals surface area contributed by atoms with Crippen LogP contribution in [-0.4, -0.2) is 58.2 Å². The van der Waals surface area contributed by atoms with Gasteiger partial charge in [-0.1, -0.05) is 32.9 Å². The van der Waals surface area contributed by atoms with Crippen molar-refractivity contribution in [3.05, 3.63) is 24.3 Å². The number of para-hydroxylation sites is 2. The SMILES string of the molecule is CN=C(NCCNC(=O)C(C)(C)C)NC1CCCN(c2ccccc2OC)C1.I. The van der Waals surface area contributed by atoms with Gasteiger partial charge in [0.2, 0.25) is 5.91 Å². The third-order valence-corrected chi connectivity index (χ3v) is 4.80. The first-order valence-corrected chi connectivity index (χ1v) is 9.98. The van der Waals surface area contributed by atoms with E-state index in [2.05, 4.69) is 31.9 Å². The second kappa shape index (κ2) is 12.1. The molecule has 1 amide bonds. The summed E-state index contributed by atoms with van der Waals surface area (Å²) in [6, 6.07) is 8.44. The number of rotatable bonds is 6. The summed E-state index contributed by atoms with van der Waals surface area (Å²) in [7, 11) is 3.48. The number of nitrogens with zero attached hydrogens (tertiary/aromatic N) is 2. The van der Waals surface area contributed by atoms with Crippen LogP contribution in [0, 0.1) is 5.41 Å². The lowest BCUT2D eigenvalue weighted by Gasteiger charge is -2.36. The van der Waals surface area contributed by atoms with Crippen molar-refractivity contribution >= 4 is 41.5 Å². The Hall–Kier alpha value is -1.71. The Balaban J connectivity index is 0.00000420. The van der Waals surface area contributed by atoms with Crippen LogP contribution >= 0.6 is 24.0 Å². The van der Waals surface area contributed by atoms with Gasteiger partial charge in [-0.25, -0.2) is 0 Å². The van der Waals surface area contributed by atoms with E-state index in [1.165, 1.54) is 0 Å². The maximum Gasteiger partial charge on any atom is 0.225 e. The van der Waals surface area contributed by atoms with E-state index in [9.17, 15) is 4.79 Å². The molecule has 0 aliphatic carbocycles. The van der Waals surface area contributed by atoms with Crippen LogP contribution in [-0.2, 0) is 4.79 Å². The number of piperidine rings is 1. The zero-order valence-electron chi connectivity index (χ0n) is 18.2. The number of ether oxygens (including phenoxy) is 1. The second-order valence-electron chi connectivity index (χ2n) is 8.11. The number of anilines is 1. The molecule has 8 heteroatoms. The summed E-state index contributed by atoms with van der Waals surface area (Å²) >= 11 is 0. The smallest absolute Gasteiger partial charge is 0.225 e. The highest BCUT2D eigenvalue weighted by atomic mass is 127. The van der Waals surface area contributed by atoms with Gasteiger partial charge in [0.05, 0.1) is 12.8 Å². The van der Waals surface area contributed by atoms with Gasteiger partial charge in [0.15, 0.2) is 5.96 Å². The lowest BCUT2D eigenvalue weighted by Crippen LogP contribution is -2.52. The molecular weight excluding hydrogens is 481 g/mol. The van der Waals surface area contributed by atoms with Crippen LogP contribution in [0.3, 0.4) is 0 Å². The molecule has 1 aromatic carbocycles. The maximum absolute atomic E-state index is 11.9. The van der Waals surface area contributed by atoms with Crippen LogP contribution in [0.25, 0.3) is 0 Å². The fourth-order valence-electron chi connectivity index (χ4n) is 3.21. The van der Waals surface area contributed by atoms with Gasteiger partial charge in [0.25, 0.3) is 0 Å². The van der Waals surface area contributed by atoms with Crippen molar-refractivity contribution in [3.8, 4) is 5.75 Å². The minimum absolute atomic E-state index is 0. The summed E-state index contributed by atoms with van der Waals surface area (Å²) in [6.07, 6.45) is 2.20. The topological polar surface area (TPSA) is 78.0 Å². The number of hydrogen-bond donors (Lipinski definition) is 3. The van der Waals surface area contributed by atoms with Gasteiger partial charge >= 0.3 is 0 Å². The average Bonchev–Trinajstić information content (AvgIpc) is 2.69. The average molecular weight is 517 g/mol. The van der Waals surface area contributed by atoms with Crippen molar-refractivity contribution in [3.63, 3.8) is 0 Å². The standard InChI is InChI=1S/C21H35N5O2.HI/c1-21(2,3)19(27)23-12-13-24-20(22-4)25-16-9-8-14-26(15-16)17-10-6-7-11-18(17)28-5;/h6-7,10-11,16H,8-9,12-15H2,1-5H3,(H,23,27)(H2,22,24,25);1H. The molecule has 1 aromatic rings. The molecule has 29 heavy (non-hydrogen) atoms. The number of aliphatic imine (C=N–C) groups is 1. The number of halogens is 1. The van der Waals surface area contributed by atoms with E-state index >= 15 is 0 Å². The van der Waals surface area contributed by atoms with E-state index < -0.39 is 0 Å². The number of benzene rings is 1. The van der Waals surface area contributed by atoms with Gasteiger partial charge in [0.1, 0.15) is 5.75 Å². The van der Waals surface area contributed by atoms with Gasteiger partial charge in [-0.05, 0) is 25.0 Å². The third kappa shape index (κ3) is 7.91. The zero-order chi connectivity index (χ0) is 20.6. The predicted octanol–water partition coefficient (Wildman–Crippen LogP) is 2.61. The Morgan fingerprint density at radius 3 is 2.59 bits per heavy atom. The molecule has 0 bridgehead atoms. The molecule has 0 saturated carbocycles. The van der Waals surface area contributed by atoms with Gasteiger partial charge in [-0.15, -0.1) is 24.0 Å². The number of methoxy groups -OCH3 is 1. The van der Waals surface area contributed by atoms with E-state index in [1.807, 2.05) is 39.0 Å². The summed E-state index contributed by atoms with van der Waals surface area (Å²) in [6.45, 7) is 8.83. The Labute approximate surface area is 192 Å². The monoisotopic (exact) mass is 517 g/mol. The minimum atomic E-state index is -0.371. The molecule has 1 atom stereocenters. The van der Waals surface area contributed by atoms with Crippen molar-refractivity contribution in [2.24, 2.45) is 10.4 Å². The van der Waals surface area contributed by atoms with Crippen molar-refractivity contribution in [2.45, 2.75) is 39.7 Å². The van der Waals surface area contributed by atoms with E-state index in [0.717, 1.165) is 43.3 Å². The van der Waals surface area contributed by atoms with E-state index in [4.69, 9.17) is 4.74 Å². The summed E-state index contributed by atoms with van der Waals surface area (Å²) in [5, 5.41) is 9.73. The molecule has 3 N–H and O–H groups in total. The number of carbonyl (C=O) groups is 1. The highest BCUT2D eigenvalue weighted by Crippen LogP contribution is 2.29. The number of nitrogens with one attached hydrogen (secondary N) is 3. The van der Waals surface area contributed by atoms with E-state index in [1.54, 1.807) is 14.2 Å². The van der Waals surface area contributed by atoms with E-state index in [0.29, 0.717) is 19.1 Å². The summed E-state index contributed by atoms with van der Waals surface area (Å²) in [4.78, 5) is 18.6. The molecule has 0 aromatic heterocycles. The maximum atomic E-state index is 11.9. The highest BCUT2D eigenvalue weighted by molar-refractivity contribution is 14.0. The first-order chi connectivity index (χ1) is 13.3. The predicted molar refractivity (Wildman–Crippen MR) is 131 cm³/mol. The molecule has 164 valence electrons. The van der Waals surface area contributed by atoms with E-state index in [-0.39, 0.29) is 35.3 Å². The summed E-state index contributed by atoms with van der Waals surface area (Å²) in [5.41, 5.74) is 0.758. The third-order valence-electron chi connectivity index (χ3n) is 4.80. The van der Waals surface area contributed by atoms with Crippen LogP contribution in [0.4, 0.5) is 5.69 Å². The van der Waals surface area contributed by atoms with Gasteiger partial charge in [-0.3, -0.25) is 9.79 Å². The fourth-order valence-corrected chi connectivity index (χ4v) is 3.21. The molecule has 1 aliphatic heterocycles. The summed E-state index contributed by atoms with van der Waals surface area (Å²) in [5.74, 6) is 1.72. The fraction of sp³-hybridized carbons (Fsp3) is 0.619. The first kappa shape index (κ1) is 25.3. The zero-order valence-corrected chi connectivity index (χ0v) is 20.6. The quantitative estimate of drug-likeness (QED) is 0.234. The molecule has 7 nitrogen and oxygen atoms in total. The molecule has 1 fully saturated rings. The van der Waals surface area contributed by atoms with Crippen LogP contribution < -0.4 is 25.6 Å². The first-order valence-electron chi connectivity index (χ1n) is 9.98. The second-order valence-corrected chi connectivity index (χ2v) is 8.11. The Bertz CT molecular complexity index is 675. The van der Waals surface area contributed by atoms with Crippen molar-refractivity contribution in [1.82, 2.24) is 16.0 Å². The highest BCUT2D eigenvalue weighted by Gasteiger charge is 2.23. The molecule has 1 aliphatic rings. The number of hydrogen-bond acceptors (Lipinski definition) is 4. The molecule has 1 unspecified atom stereocenters. The molecule has 2 rings (SSSR count). The Kier molecular flexibility index (Phi) is 10.6. The van der Waals surface area contributed by atoms with Gasteiger partial charge in [0, 0.05) is 44.7 Å². The largest absolute Gasteiger partial charge is 0.495 e. The number of carbonyl (C=O) groups excluding carboxylic acids is 1. The van der Waals surface area contributed by atoms with Gasteiger partial charge < -0.3 is 25.6 Å². The lowest BCUT2D eigenvalue weighted by atomic mass is 9.96. The molecule has 0 spiro atoms. The number of guanidine groups is 1. The van der Waals surface area contributed by atoms with Crippen molar-refractivity contribution in [1.29, 1.82) is 0 Å². The van der Waals surface area contributed by atoms with Crippen LogP contribution in [0.15, 0.2) is 29.3 Å². The minimum Gasteiger partial charge on any atom is -0.495 e. The molecular formula is C21H36IN5O2. The lowest BCUT2D eigenvalue weighted by molar-refractivity contribution is -0.128. The van der Waals surface area contributed by atoms with Crippen LogP contribution in [0.1, 0.15) is 33.6 Å². The number of amides is 1. The normalized spacial score (nSPS) is 17.2. The van der Waals surface area contributed by atoms with Crippen molar-refractivity contribution in [2.75, 3.05) is 45.2 Å². The Morgan fingerprint density at radius 2 is 1.93 bits per heavy atom. The summed E-state index contributed by atoms with van der Waals surface area (Å²) < 4.78 is 5.51. The molecule has 1 heterocycles. The van der Waals surface area contributed by atoms with Crippen LogP contribution in [0.5, 0.6) is 5.75 Å². The Morgan fingerprint density at radius 1 is 1.24 bits per heavy atom. The van der Waals surface area contributed by atoms with Gasteiger partial charge in [-0.2, -0.15) is 0 Å². The van der Waals surface area contributed by atoms with Crippen molar-refractivity contribution < 1.29 is 9.53 Å².